The Morgan fingerprint density at radius 1 is 1.30 bits per heavy atom. The van der Waals surface area contributed by atoms with Crippen molar-refractivity contribution in [2.24, 2.45) is 0 Å². The summed E-state index contributed by atoms with van der Waals surface area (Å²) in [6.45, 7) is 7.12. The number of hydrogen-bond acceptors (Lipinski definition) is 6. The Hall–Kier alpha value is -2.37. The first-order valence-corrected chi connectivity index (χ1v) is 10.3. The molecule has 1 aromatic rings. The zero-order valence-corrected chi connectivity index (χ0v) is 19.2. The van der Waals surface area contributed by atoms with E-state index in [9.17, 15) is 9.59 Å². The lowest BCUT2D eigenvalue weighted by atomic mass is 10.1. The predicted molar refractivity (Wildman–Crippen MR) is 122 cm³/mol. The molecular weight excluding hydrogens is 402 g/mol. The number of likely N-dealkylation sites (tertiary alicyclic amines) is 1. The lowest BCUT2D eigenvalue weighted by Gasteiger charge is -2.33. The fraction of sp³-hybridized carbons (Fsp3) is 0.545. The highest BCUT2D eigenvalue weighted by Gasteiger charge is 2.27. The molecule has 1 saturated heterocycles. The van der Waals surface area contributed by atoms with Gasteiger partial charge in [0.1, 0.15) is 12.2 Å². The third-order valence-corrected chi connectivity index (χ3v) is 4.83. The number of thiol groups is 1. The molecule has 8 heteroatoms. The highest BCUT2D eigenvalue weighted by molar-refractivity contribution is 7.82. The van der Waals surface area contributed by atoms with Crippen LogP contribution in [0, 0.1) is 11.8 Å². The van der Waals surface area contributed by atoms with Gasteiger partial charge in [-0.05, 0) is 45.7 Å². The second-order valence-corrected chi connectivity index (χ2v) is 8.73. The molecule has 0 bridgehead atoms. The fourth-order valence-corrected chi connectivity index (χ4v) is 3.33. The minimum absolute atomic E-state index is 0.0700. The van der Waals surface area contributed by atoms with Crippen LogP contribution in [0.1, 0.15) is 39.2 Å². The molecule has 30 heavy (non-hydrogen) atoms. The number of piperidine rings is 1. The van der Waals surface area contributed by atoms with Crippen LogP contribution in [0.2, 0.25) is 0 Å². The van der Waals surface area contributed by atoms with E-state index in [1.165, 1.54) is 4.31 Å². The SMILES string of the molecule is CN(C)c1c(C#CCOC2CCN(C(=O)OC(C)(C)C)CC2)cccc1N(S)C=O. The molecule has 0 aliphatic carbocycles. The third-order valence-electron chi connectivity index (χ3n) is 4.52. The number of anilines is 2. The highest BCUT2D eigenvalue weighted by Crippen LogP contribution is 2.31. The lowest BCUT2D eigenvalue weighted by Crippen LogP contribution is -2.43. The number of rotatable bonds is 5. The molecule has 1 aromatic carbocycles. The Labute approximate surface area is 184 Å². The van der Waals surface area contributed by atoms with Crippen LogP contribution in [0.5, 0.6) is 0 Å². The van der Waals surface area contributed by atoms with Crippen molar-refractivity contribution in [2.75, 3.05) is 43.0 Å². The van der Waals surface area contributed by atoms with Gasteiger partial charge in [-0.3, -0.25) is 9.10 Å². The Kier molecular flexibility index (Phi) is 8.44. The van der Waals surface area contributed by atoms with E-state index in [0.717, 1.165) is 24.1 Å². The third kappa shape index (κ3) is 6.85. The molecule has 7 nitrogen and oxygen atoms in total. The Morgan fingerprint density at radius 2 is 1.97 bits per heavy atom. The van der Waals surface area contributed by atoms with E-state index in [1.54, 1.807) is 4.90 Å². The number of nitrogens with zero attached hydrogens (tertiary/aromatic N) is 3. The molecule has 2 rings (SSSR count). The lowest BCUT2D eigenvalue weighted by molar-refractivity contribution is -0.106. The van der Waals surface area contributed by atoms with E-state index in [0.29, 0.717) is 31.8 Å². The van der Waals surface area contributed by atoms with Crippen molar-refractivity contribution >= 4 is 36.7 Å². The van der Waals surface area contributed by atoms with Gasteiger partial charge < -0.3 is 19.3 Å². The topological polar surface area (TPSA) is 62.3 Å². The normalized spacial score (nSPS) is 14.5. The maximum atomic E-state index is 12.1. The summed E-state index contributed by atoms with van der Waals surface area (Å²) in [5.41, 5.74) is 1.79. The molecule has 164 valence electrons. The van der Waals surface area contributed by atoms with Crippen LogP contribution in [0.25, 0.3) is 0 Å². The summed E-state index contributed by atoms with van der Waals surface area (Å²) in [6, 6.07) is 5.56. The van der Waals surface area contributed by atoms with Gasteiger partial charge in [-0.2, -0.15) is 0 Å². The van der Waals surface area contributed by atoms with Gasteiger partial charge in [0.2, 0.25) is 6.41 Å². The standard InChI is InChI=1S/C22H31N3O4S/c1-22(2,3)29-21(27)24-13-11-18(12-14-24)28-15-7-9-17-8-6-10-19(25(30)16-26)20(17)23(4)5/h6,8,10,16,18,30H,11-15H2,1-5H3. The summed E-state index contributed by atoms with van der Waals surface area (Å²) in [6.07, 6.45) is 1.96. The molecule has 1 aliphatic heterocycles. The molecule has 1 aliphatic rings. The van der Waals surface area contributed by atoms with Crippen LogP contribution >= 0.6 is 12.8 Å². The molecule has 0 spiro atoms. The number of hydrogen-bond donors (Lipinski definition) is 1. The first-order chi connectivity index (χ1) is 14.1. The van der Waals surface area contributed by atoms with E-state index in [4.69, 9.17) is 9.47 Å². The summed E-state index contributed by atoms with van der Waals surface area (Å²) in [4.78, 5) is 26.9. The van der Waals surface area contributed by atoms with Gasteiger partial charge in [-0.25, -0.2) is 4.79 Å². The highest BCUT2D eigenvalue weighted by atomic mass is 32.1. The Balaban J connectivity index is 1.91. The van der Waals surface area contributed by atoms with Gasteiger partial charge in [0.15, 0.2) is 0 Å². The monoisotopic (exact) mass is 433 g/mol. The summed E-state index contributed by atoms with van der Waals surface area (Å²) < 4.78 is 12.5. The van der Waals surface area contributed by atoms with Crippen molar-refractivity contribution in [3.63, 3.8) is 0 Å². The Morgan fingerprint density at radius 3 is 2.53 bits per heavy atom. The van der Waals surface area contributed by atoms with Crippen molar-refractivity contribution in [1.82, 2.24) is 4.90 Å². The first-order valence-electron chi connectivity index (χ1n) is 9.94. The molecule has 1 fully saturated rings. The van der Waals surface area contributed by atoms with Gasteiger partial charge >= 0.3 is 6.09 Å². The van der Waals surface area contributed by atoms with Gasteiger partial charge in [0, 0.05) is 27.2 Å². The number of carbonyl (C=O) groups is 2. The molecule has 0 radical (unpaired) electrons. The van der Waals surface area contributed by atoms with E-state index < -0.39 is 5.60 Å². The maximum absolute atomic E-state index is 12.1. The molecule has 2 amide bonds. The van der Waals surface area contributed by atoms with Crippen molar-refractivity contribution in [2.45, 2.75) is 45.3 Å². The van der Waals surface area contributed by atoms with Gasteiger partial charge in [0.25, 0.3) is 0 Å². The van der Waals surface area contributed by atoms with Crippen LogP contribution in [0.3, 0.4) is 0 Å². The minimum Gasteiger partial charge on any atom is -0.444 e. The average Bonchev–Trinajstić information content (AvgIpc) is 2.69. The number of para-hydroxylation sites is 1. The smallest absolute Gasteiger partial charge is 0.410 e. The maximum Gasteiger partial charge on any atom is 0.410 e. The zero-order valence-electron chi connectivity index (χ0n) is 18.3. The largest absolute Gasteiger partial charge is 0.444 e. The van der Waals surface area contributed by atoms with Gasteiger partial charge in [0.05, 0.1) is 23.0 Å². The average molecular weight is 434 g/mol. The Bertz CT molecular complexity index is 803. The molecule has 1 heterocycles. The van der Waals surface area contributed by atoms with Crippen LogP contribution in [0.4, 0.5) is 16.2 Å². The molecule has 0 atom stereocenters. The number of carbonyl (C=O) groups excluding carboxylic acids is 2. The molecule has 0 saturated carbocycles. The van der Waals surface area contributed by atoms with E-state index in [-0.39, 0.29) is 12.2 Å². The first kappa shape index (κ1) is 23.9. The van der Waals surface area contributed by atoms with Crippen LogP contribution in [0.15, 0.2) is 18.2 Å². The zero-order chi connectivity index (χ0) is 22.3. The fourth-order valence-electron chi connectivity index (χ4n) is 3.17. The summed E-state index contributed by atoms with van der Waals surface area (Å²) in [7, 11) is 3.79. The van der Waals surface area contributed by atoms with E-state index in [2.05, 4.69) is 24.7 Å². The number of ether oxygens (including phenoxy) is 2. The molecule has 0 N–H and O–H groups in total. The summed E-state index contributed by atoms with van der Waals surface area (Å²) in [5, 5.41) is 0. The van der Waals surface area contributed by atoms with Crippen LogP contribution in [-0.4, -0.2) is 62.9 Å². The van der Waals surface area contributed by atoms with Gasteiger partial charge in [-0.15, -0.1) is 0 Å². The van der Waals surface area contributed by atoms with Crippen molar-refractivity contribution < 1.29 is 19.1 Å². The van der Waals surface area contributed by atoms with E-state index in [1.807, 2.05) is 58.0 Å². The number of amides is 2. The van der Waals surface area contributed by atoms with Crippen molar-refractivity contribution in [1.29, 1.82) is 0 Å². The van der Waals surface area contributed by atoms with Gasteiger partial charge in [-0.1, -0.05) is 30.7 Å². The second kappa shape index (κ2) is 10.6. The van der Waals surface area contributed by atoms with E-state index >= 15 is 0 Å². The molecule has 0 aromatic heterocycles. The minimum atomic E-state index is -0.488. The second-order valence-electron chi connectivity index (χ2n) is 8.30. The number of benzene rings is 1. The summed E-state index contributed by atoms with van der Waals surface area (Å²) in [5.74, 6) is 6.19. The van der Waals surface area contributed by atoms with Crippen LogP contribution in [-0.2, 0) is 14.3 Å². The van der Waals surface area contributed by atoms with Crippen molar-refractivity contribution in [3.8, 4) is 11.8 Å². The van der Waals surface area contributed by atoms with Crippen molar-refractivity contribution in [3.05, 3.63) is 23.8 Å². The molecular formula is C22H31N3O4S. The summed E-state index contributed by atoms with van der Waals surface area (Å²) >= 11 is 4.18. The predicted octanol–water partition coefficient (Wildman–Crippen LogP) is 3.33. The quantitative estimate of drug-likeness (QED) is 0.438. The molecule has 0 unspecified atom stereocenters. The van der Waals surface area contributed by atoms with Crippen LogP contribution < -0.4 is 9.21 Å².